The molecule has 0 bridgehead atoms. The highest BCUT2D eigenvalue weighted by Gasteiger charge is 2.32. The second kappa shape index (κ2) is 7.85. The first-order valence-corrected chi connectivity index (χ1v) is 8.16. The summed E-state index contributed by atoms with van der Waals surface area (Å²) in [6.45, 7) is -1.64. The van der Waals surface area contributed by atoms with Gasteiger partial charge in [-0.15, -0.1) is 5.10 Å². The fourth-order valence-corrected chi connectivity index (χ4v) is 2.69. The van der Waals surface area contributed by atoms with E-state index >= 15 is 0 Å². The number of carbonyl (C=O) groups is 1. The highest BCUT2D eigenvalue weighted by Crippen LogP contribution is 2.31. The van der Waals surface area contributed by atoms with Crippen LogP contribution in [0.2, 0.25) is 0 Å². The minimum atomic E-state index is -4.42. The quantitative estimate of drug-likeness (QED) is 0.736. The van der Waals surface area contributed by atoms with Crippen molar-refractivity contribution >= 4 is 17.4 Å². The summed E-state index contributed by atoms with van der Waals surface area (Å²) in [7, 11) is 0. The van der Waals surface area contributed by atoms with E-state index in [-0.39, 0.29) is 18.0 Å². The predicted molar refractivity (Wildman–Crippen MR) is 93.5 cm³/mol. The van der Waals surface area contributed by atoms with E-state index in [0.717, 1.165) is 0 Å². The minimum absolute atomic E-state index is 0.160. The molecule has 3 rings (SSSR count). The van der Waals surface area contributed by atoms with Gasteiger partial charge in [0.2, 0.25) is 5.84 Å². The number of nitrogens with zero attached hydrogens (tertiary/aromatic N) is 2. The molecule has 28 heavy (non-hydrogen) atoms. The summed E-state index contributed by atoms with van der Waals surface area (Å²) in [5.41, 5.74) is 6.37. The van der Waals surface area contributed by atoms with Crippen LogP contribution in [0, 0.1) is 5.82 Å². The van der Waals surface area contributed by atoms with Crippen molar-refractivity contribution in [1.82, 2.24) is 5.32 Å². The third-order valence-corrected chi connectivity index (χ3v) is 3.87. The predicted octanol–water partition coefficient (Wildman–Crippen LogP) is 2.81. The Morgan fingerprint density at radius 3 is 2.64 bits per heavy atom. The summed E-state index contributed by atoms with van der Waals surface area (Å²) in [4.78, 5) is 11.5. The number of nitrogens with two attached hydrogens (primary N) is 1. The standard InChI is InChI=1S/C18H16F4N4O2/c19-14-7-2-1-6-13(14)17-24-16(15(23)27)25-26(17)12-5-3-4-11(8-12)9-28-10-18(20,21)22/h1-8,17H,9-10H2,(H2,23,27)(H,24,25). The number of carbonyl (C=O) groups excluding carboxylic acids is 1. The first-order chi connectivity index (χ1) is 13.2. The molecule has 0 radical (unpaired) electrons. The largest absolute Gasteiger partial charge is 0.411 e. The molecule has 3 N–H and O–H groups in total. The number of ether oxygens (including phenoxy) is 1. The van der Waals surface area contributed by atoms with Crippen molar-refractivity contribution < 1.29 is 27.1 Å². The number of amidine groups is 1. The van der Waals surface area contributed by atoms with Gasteiger partial charge < -0.3 is 15.8 Å². The van der Waals surface area contributed by atoms with Crippen molar-refractivity contribution in [2.45, 2.75) is 18.9 Å². The first-order valence-electron chi connectivity index (χ1n) is 8.16. The van der Waals surface area contributed by atoms with Gasteiger partial charge in [0, 0.05) is 5.56 Å². The highest BCUT2D eigenvalue weighted by molar-refractivity contribution is 6.38. The Kier molecular flexibility index (Phi) is 5.50. The van der Waals surface area contributed by atoms with Crippen LogP contribution < -0.4 is 16.1 Å². The number of hydrogen-bond donors (Lipinski definition) is 2. The summed E-state index contributed by atoms with van der Waals surface area (Å²) >= 11 is 0. The summed E-state index contributed by atoms with van der Waals surface area (Å²) in [6, 6.07) is 12.3. The van der Waals surface area contributed by atoms with Gasteiger partial charge in [0.1, 0.15) is 12.4 Å². The van der Waals surface area contributed by atoms with Crippen LogP contribution in [-0.2, 0) is 16.1 Å². The molecule has 148 valence electrons. The molecule has 0 saturated carbocycles. The third kappa shape index (κ3) is 4.58. The van der Waals surface area contributed by atoms with E-state index in [1.807, 2.05) is 0 Å². The van der Waals surface area contributed by atoms with Gasteiger partial charge in [0.25, 0.3) is 5.91 Å². The Bertz CT molecular complexity index is 901. The van der Waals surface area contributed by atoms with E-state index in [4.69, 9.17) is 5.73 Å². The Morgan fingerprint density at radius 1 is 1.21 bits per heavy atom. The van der Waals surface area contributed by atoms with Crippen LogP contribution in [0.25, 0.3) is 0 Å². The molecule has 1 heterocycles. The van der Waals surface area contributed by atoms with Gasteiger partial charge in [0.15, 0.2) is 6.17 Å². The molecule has 0 aromatic heterocycles. The van der Waals surface area contributed by atoms with E-state index in [1.165, 1.54) is 23.2 Å². The maximum atomic E-state index is 14.3. The second-order valence-corrected chi connectivity index (χ2v) is 6.00. The van der Waals surface area contributed by atoms with Crippen molar-refractivity contribution in [3.05, 3.63) is 65.5 Å². The molecule has 0 spiro atoms. The summed E-state index contributed by atoms with van der Waals surface area (Å²) < 4.78 is 55.6. The number of alkyl halides is 3. The van der Waals surface area contributed by atoms with Crippen molar-refractivity contribution in [2.24, 2.45) is 10.8 Å². The van der Waals surface area contributed by atoms with Crippen molar-refractivity contribution in [2.75, 3.05) is 11.6 Å². The molecular formula is C18H16F4N4O2. The number of benzene rings is 2. The normalized spacial score (nSPS) is 16.6. The zero-order chi connectivity index (χ0) is 20.3. The zero-order valence-corrected chi connectivity index (χ0v) is 14.4. The lowest BCUT2D eigenvalue weighted by Crippen LogP contribution is -2.36. The number of anilines is 1. The Hall–Kier alpha value is -3.14. The molecule has 0 aliphatic carbocycles. The van der Waals surface area contributed by atoms with Crippen molar-refractivity contribution in [3.8, 4) is 0 Å². The van der Waals surface area contributed by atoms with Gasteiger partial charge in [-0.05, 0) is 23.8 Å². The van der Waals surface area contributed by atoms with Crippen LogP contribution in [0.4, 0.5) is 23.2 Å². The molecule has 2 aromatic rings. The number of halogens is 4. The average molecular weight is 396 g/mol. The van der Waals surface area contributed by atoms with E-state index in [0.29, 0.717) is 11.3 Å². The molecule has 1 atom stereocenters. The molecule has 1 amide bonds. The lowest BCUT2D eigenvalue weighted by atomic mass is 10.1. The van der Waals surface area contributed by atoms with Crippen LogP contribution in [0.15, 0.2) is 53.6 Å². The lowest BCUT2D eigenvalue weighted by molar-refractivity contribution is -0.176. The maximum Gasteiger partial charge on any atom is 0.411 e. The molecule has 2 aromatic carbocycles. The Labute approximate surface area is 157 Å². The van der Waals surface area contributed by atoms with Crippen LogP contribution in [0.5, 0.6) is 0 Å². The lowest BCUT2D eigenvalue weighted by Gasteiger charge is -2.24. The topological polar surface area (TPSA) is 80.0 Å². The molecular weight excluding hydrogens is 380 g/mol. The van der Waals surface area contributed by atoms with Gasteiger partial charge >= 0.3 is 6.18 Å². The summed E-state index contributed by atoms with van der Waals surface area (Å²) in [5.74, 6) is -1.50. The van der Waals surface area contributed by atoms with E-state index in [1.54, 1.807) is 30.3 Å². The van der Waals surface area contributed by atoms with Gasteiger partial charge in [-0.25, -0.2) is 9.40 Å². The van der Waals surface area contributed by atoms with Gasteiger partial charge in [-0.1, -0.05) is 30.3 Å². The number of amides is 1. The molecule has 1 aliphatic heterocycles. The van der Waals surface area contributed by atoms with Crippen LogP contribution >= 0.6 is 0 Å². The molecule has 10 heteroatoms. The van der Waals surface area contributed by atoms with Gasteiger partial charge in [0.05, 0.1) is 12.3 Å². The fourth-order valence-electron chi connectivity index (χ4n) is 2.69. The van der Waals surface area contributed by atoms with Gasteiger partial charge in [-0.3, -0.25) is 4.79 Å². The number of hydrogen-bond acceptors (Lipinski definition) is 5. The molecule has 6 nitrogen and oxygen atoms in total. The zero-order valence-electron chi connectivity index (χ0n) is 14.4. The monoisotopic (exact) mass is 396 g/mol. The smallest absolute Gasteiger partial charge is 0.367 e. The SMILES string of the molecule is NC(=O)C1=NN(c2cccc(COCC(F)(F)F)c2)C(c2ccccc2F)N1. The summed E-state index contributed by atoms with van der Waals surface area (Å²) in [5, 5.41) is 8.19. The van der Waals surface area contributed by atoms with Crippen LogP contribution in [-0.4, -0.2) is 24.5 Å². The minimum Gasteiger partial charge on any atom is -0.367 e. The average Bonchev–Trinajstić information content (AvgIpc) is 3.07. The highest BCUT2D eigenvalue weighted by atomic mass is 19.4. The van der Waals surface area contributed by atoms with E-state index < -0.39 is 30.7 Å². The number of rotatable bonds is 6. The van der Waals surface area contributed by atoms with Crippen molar-refractivity contribution in [1.29, 1.82) is 0 Å². The maximum absolute atomic E-state index is 14.3. The first kappa shape index (κ1) is 19.6. The molecule has 0 saturated heterocycles. The van der Waals surface area contributed by atoms with E-state index in [2.05, 4.69) is 15.2 Å². The Morgan fingerprint density at radius 2 is 1.96 bits per heavy atom. The summed E-state index contributed by atoms with van der Waals surface area (Å²) in [6.07, 6.45) is -5.28. The third-order valence-electron chi connectivity index (χ3n) is 3.87. The molecule has 0 fully saturated rings. The molecule has 1 aliphatic rings. The number of primary amides is 1. The fraction of sp³-hybridized carbons (Fsp3) is 0.222. The van der Waals surface area contributed by atoms with Crippen LogP contribution in [0.3, 0.4) is 0 Å². The Balaban J connectivity index is 1.87. The number of hydrazone groups is 1. The molecule has 1 unspecified atom stereocenters. The number of nitrogens with one attached hydrogen (secondary N) is 1. The van der Waals surface area contributed by atoms with E-state index in [9.17, 15) is 22.4 Å². The second-order valence-electron chi connectivity index (χ2n) is 6.00. The van der Waals surface area contributed by atoms with Gasteiger partial charge in [-0.2, -0.15) is 13.2 Å². The van der Waals surface area contributed by atoms with Crippen LogP contribution in [0.1, 0.15) is 17.3 Å². The van der Waals surface area contributed by atoms with Crippen molar-refractivity contribution in [3.63, 3.8) is 0 Å².